The monoisotopic (exact) mass is 237 g/mol. The molecule has 6 heteroatoms. The highest BCUT2D eigenvalue weighted by molar-refractivity contribution is 5.65. The molecule has 0 saturated carbocycles. The Hall–Kier alpha value is -1.82. The Morgan fingerprint density at radius 3 is 2.47 bits per heavy atom. The maximum atomic E-state index is 10.7. The summed E-state index contributed by atoms with van der Waals surface area (Å²) >= 11 is 0. The minimum Gasteiger partial charge on any atom is -0.465 e. The third kappa shape index (κ3) is 2.65. The number of carbonyl (C=O) groups is 1. The summed E-state index contributed by atoms with van der Waals surface area (Å²) in [7, 11) is 0. The lowest BCUT2D eigenvalue weighted by atomic mass is 10.2. The lowest BCUT2D eigenvalue weighted by molar-refractivity contribution is 0.142. The average Bonchev–Trinajstić information content (AvgIpc) is 2.39. The maximum absolute atomic E-state index is 10.7. The van der Waals surface area contributed by atoms with Gasteiger partial charge in [0.05, 0.1) is 24.2 Å². The fraction of sp³-hybridized carbons (Fsp3) is 0.455. The van der Waals surface area contributed by atoms with Gasteiger partial charge in [-0.2, -0.15) is 0 Å². The van der Waals surface area contributed by atoms with E-state index in [1.165, 1.54) is 4.90 Å². The third-order valence-electron chi connectivity index (χ3n) is 2.89. The summed E-state index contributed by atoms with van der Waals surface area (Å²) in [6.07, 6.45) is 0.848. The van der Waals surface area contributed by atoms with Gasteiger partial charge in [-0.3, -0.25) is 4.98 Å². The Morgan fingerprint density at radius 2 is 2.00 bits per heavy atom. The van der Waals surface area contributed by atoms with Crippen molar-refractivity contribution in [2.24, 2.45) is 0 Å². The second-order valence-electron chi connectivity index (χ2n) is 3.92. The summed E-state index contributed by atoms with van der Waals surface area (Å²) < 4.78 is 0. The van der Waals surface area contributed by atoms with Crippen LogP contribution in [-0.4, -0.2) is 52.4 Å². The minimum atomic E-state index is -0.863. The molecule has 17 heavy (non-hydrogen) atoms. The second-order valence-corrected chi connectivity index (χ2v) is 3.92. The molecule has 1 amide bonds. The molecule has 92 valence electrons. The highest BCUT2D eigenvalue weighted by Crippen LogP contribution is 2.15. The van der Waals surface area contributed by atoms with Crippen LogP contribution in [-0.2, 0) is 6.61 Å². The number of nitrogens with zero attached hydrogens (tertiary/aromatic N) is 3. The van der Waals surface area contributed by atoms with Gasteiger partial charge in [0.15, 0.2) is 0 Å². The van der Waals surface area contributed by atoms with Gasteiger partial charge in [0.2, 0.25) is 0 Å². The zero-order valence-corrected chi connectivity index (χ0v) is 9.41. The van der Waals surface area contributed by atoms with Crippen LogP contribution in [0.4, 0.5) is 10.5 Å². The lowest BCUT2D eigenvalue weighted by Gasteiger charge is -2.34. The molecule has 2 rings (SSSR count). The zero-order valence-electron chi connectivity index (χ0n) is 9.41. The van der Waals surface area contributed by atoms with Crippen LogP contribution in [0.5, 0.6) is 0 Å². The van der Waals surface area contributed by atoms with Gasteiger partial charge >= 0.3 is 6.09 Å². The highest BCUT2D eigenvalue weighted by Gasteiger charge is 2.20. The molecular weight excluding hydrogens is 222 g/mol. The average molecular weight is 237 g/mol. The molecule has 0 bridgehead atoms. The second kappa shape index (κ2) is 5.01. The van der Waals surface area contributed by atoms with E-state index in [1.807, 2.05) is 6.07 Å². The van der Waals surface area contributed by atoms with Crippen molar-refractivity contribution in [2.45, 2.75) is 6.61 Å². The van der Waals surface area contributed by atoms with E-state index in [4.69, 9.17) is 10.2 Å². The number of carboxylic acid groups (broad SMARTS) is 1. The van der Waals surface area contributed by atoms with Crippen LogP contribution < -0.4 is 4.90 Å². The Bertz CT molecular complexity index is 385. The highest BCUT2D eigenvalue weighted by atomic mass is 16.4. The summed E-state index contributed by atoms with van der Waals surface area (Å²) in [5, 5.41) is 17.7. The number of hydrogen-bond acceptors (Lipinski definition) is 4. The Kier molecular flexibility index (Phi) is 3.43. The molecular formula is C11H15N3O3. The number of rotatable bonds is 2. The van der Waals surface area contributed by atoms with Gasteiger partial charge in [-0.1, -0.05) is 0 Å². The number of anilines is 1. The molecule has 1 aliphatic rings. The van der Waals surface area contributed by atoms with Crippen molar-refractivity contribution in [3.8, 4) is 0 Å². The fourth-order valence-corrected chi connectivity index (χ4v) is 1.85. The molecule has 6 nitrogen and oxygen atoms in total. The van der Waals surface area contributed by atoms with Gasteiger partial charge in [0.1, 0.15) is 0 Å². The third-order valence-corrected chi connectivity index (χ3v) is 2.89. The van der Waals surface area contributed by atoms with Crippen LogP contribution >= 0.6 is 0 Å². The number of aromatic nitrogens is 1. The summed E-state index contributed by atoms with van der Waals surface area (Å²) in [6, 6.07) is 3.67. The predicted octanol–water partition coefficient (Wildman–Crippen LogP) is 0.374. The molecule has 0 aromatic carbocycles. The van der Waals surface area contributed by atoms with E-state index in [0.29, 0.717) is 31.9 Å². The molecule has 1 aromatic rings. The van der Waals surface area contributed by atoms with E-state index < -0.39 is 6.09 Å². The zero-order chi connectivity index (χ0) is 12.3. The summed E-state index contributed by atoms with van der Waals surface area (Å²) in [5.74, 6) is 0. The smallest absolute Gasteiger partial charge is 0.407 e. The minimum absolute atomic E-state index is 0.0624. The van der Waals surface area contributed by atoms with Crippen molar-refractivity contribution in [1.82, 2.24) is 9.88 Å². The van der Waals surface area contributed by atoms with E-state index in [1.54, 1.807) is 12.3 Å². The molecule has 2 N–H and O–H groups in total. The number of amides is 1. The van der Waals surface area contributed by atoms with Crippen molar-refractivity contribution in [2.75, 3.05) is 31.1 Å². The predicted molar refractivity (Wildman–Crippen MR) is 62.0 cm³/mol. The maximum Gasteiger partial charge on any atom is 0.407 e. The van der Waals surface area contributed by atoms with Crippen molar-refractivity contribution in [3.05, 3.63) is 24.0 Å². The molecule has 1 aliphatic heterocycles. The fourth-order valence-electron chi connectivity index (χ4n) is 1.85. The van der Waals surface area contributed by atoms with Crippen molar-refractivity contribution < 1.29 is 15.0 Å². The number of hydrogen-bond donors (Lipinski definition) is 2. The summed E-state index contributed by atoms with van der Waals surface area (Å²) in [4.78, 5) is 18.4. The van der Waals surface area contributed by atoms with Crippen LogP contribution in [0.15, 0.2) is 18.3 Å². The first kappa shape index (κ1) is 11.7. The van der Waals surface area contributed by atoms with Gasteiger partial charge in [-0.15, -0.1) is 0 Å². The van der Waals surface area contributed by atoms with Gasteiger partial charge < -0.3 is 20.0 Å². The number of aliphatic hydroxyl groups excluding tert-OH is 1. The normalized spacial score (nSPS) is 16.1. The topological polar surface area (TPSA) is 76.9 Å². The Morgan fingerprint density at radius 1 is 1.29 bits per heavy atom. The van der Waals surface area contributed by atoms with Gasteiger partial charge in [-0.05, 0) is 12.1 Å². The number of pyridine rings is 1. The van der Waals surface area contributed by atoms with Crippen LogP contribution in [0.2, 0.25) is 0 Å². The molecule has 1 saturated heterocycles. The first-order valence-electron chi connectivity index (χ1n) is 5.49. The van der Waals surface area contributed by atoms with Gasteiger partial charge in [-0.25, -0.2) is 4.79 Å². The first-order valence-corrected chi connectivity index (χ1v) is 5.49. The van der Waals surface area contributed by atoms with Crippen LogP contribution in [0.25, 0.3) is 0 Å². The van der Waals surface area contributed by atoms with Crippen LogP contribution in [0, 0.1) is 0 Å². The van der Waals surface area contributed by atoms with E-state index >= 15 is 0 Å². The van der Waals surface area contributed by atoms with E-state index in [-0.39, 0.29) is 6.61 Å². The van der Waals surface area contributed by atoms with Crippen LogP contribution in [0.1, 0.15) is 5.69 Å². The molecule has 1 fully saturated rings. The quantitative estimate of drug-likeness (QED) is 0.777. The number of aliphatic hydroxyl groups is 1. The van der Waals surface area contributed by atoms with E-state index in [2.05, 4.69) is 9.88 Å². The van der Waals surface area contributed by atoms with E-state index in [0.717, 1.165) is 5.69 Å². The van der Waals surface area contributed by atoms with Gasteiger partial charge in [0, 0.05) is 26.2 Å². The molecule has 0 spiro atoms. The Balaban J connectivity index is 1.97. The molecule has 0 atom stereocenters. The largest absolute Gasteiger partial charge is 0.465 e. The standard InChI is InChI=1S/C11H15N3O3/c15-8-9-1-2-10(7-12-9)13-3-5-14(6-4-13)11(16)17/h1-2,7,15H,3-6,8H2,(H,16,17). The molecule has 1 aromatic heterocycles. The molecule has 0 radical (unpaired) electrons. The van der Waals surface area contributed by atoms with Crippen LogP contribution in [0.3, 0.4) is 0 Å². The van der Waals surface area contributed by atoms with Crippen molar-refractivity contribution in [3.63, 3.8) is 0 Å². The first-order chi connectivity index (χ1) is 8.20. The van der Waals surface area contributed by atoms with E-state index in [9.17, 15) is 4.79 Å². The SMILES string of the molecule is O=C(O)N1CCN(c2ccc(CO)nc2)CC1. The summed E-state index contributed by atoms with van der Waals surface area (Å²) in [5.41, 5.74) is 1.60. The molecule has 0 aliphatic carbocycles. The Labute approximate surface area is 99.1 Å². The van der Waals surface area contributed by atoms with Crippen molar-refractivity contribution >= 4 is 11.8 Å². The van der Waals surface area contributed by atoms with Gasteiger partial charge in [0.25, 0.3) is 0 Å². The molecule has 0 unspecified atom stereocenters. The summed E-state index contributed by atoms with van der Waals surface area (Å²) in [6.45, 7) is 2.31. The van der Waals surface area contributed by atoms with Crippen molar-refractivity contribution in [1.29, 1.82) is 0 Å². The number of piperazine rings is 1. The lowest BCUT2D eigenvalue weighted by Crippen LogP contribution is -2.48. The molecule has 2 heterocycles.